The molecule has 1 amide bonds. The minimum Gasteiger partial charge on any atom is -0.495 e. The van der Waals surface area contributed by atoms with E-state index in [1.165, 1.54) is 18.2 Å². The Balaban J connectivity index is 1.49. The molecule has 1 atom stereocenters. The van der Waals surface area contributed by atoms with Crippen molar-refractivity contribution in [3.63, 3.8) is 0 Å². The first-order chi connectivity index (χ1) is 15.9. The van der Waals surface area contributed by atoms with Gasteiger partial charge < -0.3 is 19.4 Å². The van der Waals surface area contributed by atoms with Crippen LogP contribution in [-0.4, -0.2) is 46.6 Å². The van der Waals surface area contributed by atoms with Crippen molar-refractivity contribution in [1.29, 1.82) is 0 Å². The molecule has 3 heterocycles. The number of methoxy groups -OCH3 is 1. The lowest BCUT2D eigenvalue weighted by Crippen LogP contribution is -2.36. The number of piperidine rings is 1. The maximum Gasteiger partial charge on any atom is 0.234 e. The summed E-state index contributed by atoms with van der Waals surface area (Å²) in [4.78, 5) is 15.0. The van der Waals surface area contributed by atoms with Gasteiger partial charge in [-0.1, -0.05) is 30.3 Å². The van der Waals surface area contributed by atoms with Gasteiger partial charge in [-0.2, -0.15) is 0 Å². The van der Waals surface area contributed by atoms with Crippen LogP contribution in [-0.2, 0) is 11.3 Å². The molecule has 2 aromatic heterocycles. The number of aryl methyl sites for hydroxylation is 1. The molecule has 0 spiro atoms. The number of carbonyl (C=O) groups excluding carboxylic acids is 1. The monoisotopic (exact) mass is 489 g/mol. The number of rotatable bonds is 8. The SMILES string of the molecule is COc1cc(Cl)c(C)cc1NC(=O)CSc1nnc(N2CCC[C@@H](C)C2)n1Cc1ccco1. The Hall–Kier alpha value is -2.65. The summed E-state index contributed by atoms with van der Waals surface area (Å²) in [7, 11) is 1.55. The molecule has 3 aromatic rings. The number of nitrogens with zero attached hydrogens (tertiary/aromatic N) is 4. The highest BCUT2D eigenvalue weighted by Crippen LogP contribution is 2.32. The fraction of sp³-hybridized carbons (Fsp3) is 0.435. The first-order valence-corrected chi connectivity index (χ1v) is 12.3. The average molecular weight is 490 g/mol. The highest BCUT2D eigenvalue weighted by Gasteiger charge is 2.24. The van der Waals surface area contributed by atoms with E-state index < -0.39 is 0 Å². The van der Waals surface area contributed by atoms with E-state index in [-0.39, 0.29) is 11.7 Å². The molecule has 0 radical (unpaired) electrons. The van der Waals surface area contributed by atoms with Crippen LogP contribution in [0.15, 0.2) is 40.1 Å². The predicted octanol–water partition coefficient (Wildman–Crippen LogP) is 4.86. The van der Waals surface area contributed by atoms with Crippen LogP contribution in [0, 0.1) is 12.8 Å². The maximum absolute atomic E-state index is 12.7. The Morgan fingerprint density at radius 2 is 2.24 bits per heavy atom. The van der Waals surface area contributed by atoms with Gasteiger partial charge in [0.05, 0.1) is 31.4 Å². The number of furan rings is 1. The van der Waals surface area contributed by atoms with Crippen LogP contribution in [0.2, 0.25) is 5.02 Å². The molecule has 1 saturated heterocycles. The standard InChI is InChI=1S/C23H28ClN5O3S/c1-15-6-4-8-28(12-15)22-26-27-23(29(22)13-17-7-5-9-32-17)33-14-21(30)25-19-10-16(2)18(24)11-20(19)31-3/h5,7,9-11,15H,4,6,8,12-14H2,1-3H3,(H,25,30)/t15-/m1/s1. The van der Waals surface area contributed by atoms with Crippen molar-refractivity contribution in [2.24, 2.45) is 5.92 Å². The molecule has 0 saturated carbocycles. The summed E-state index contributed by atoms with van der Waals surface area (Å²) in [6.07, 6.45) is 4.00. The molecule has 1 aromatic carbocycles. The second-order valence-corrected chi connectivity index (χ2v) is 9.63. The van der Waals surface area contributed by atoms with Gasteiger partial charge in [-0.3, -0.25) is 9.36 Å². The highest BCUT2D eigenvalue weighted by molar-refractivity contribution is 7.99. The van der Waals surface area contributed by atoms with E-state index in [0.717, 1.165) is 36.8 Å². The van der Waals surface area contributed by atoms with Gasteiger partial charge in [0.15, 0.2) is 5.16 Å². The van der Waals surface area contributed by atoms with Gasteiger partial charge in [-0.25, -0.2) is 0 Å². The smallest absolute Gasteiger partial charge is 0.234 e. The number of carbonyl (C=O) groups is 1. The van der Waals surface area contributed by atoms with E-state index in [1.807, 2.05) is 23.6 Å². The summed E-state index contributed by atoms with van der Waals surface area (Å²) in [6, 6.07) is 7.30. The van der Waals surface area contributed by atoms with Crippen LogP contribution in [0.25, 0.3) is 0 Å². The van der Waals surface area contributed by atoms with Crippen LogP contribution in [0.4, 0.5) is 11.6 Å². The van der Waals surface area contributed by atoms with Gasteiger partial charge in [-0.15, -0.1) is 10.2 Å². The van der Waals surface area contributed by atoms with Gasteiger partial charge in [-0.05, 0) is 49.4 Å². The molecule has 1 fully saturated rings. The Labute approximate surface area is 202 Å². The van der Waals surface area contributed by atoms with Crippen molar-refractivity contribution < 1.29 is 13.9 Å². The number of hydrogen-bond acceptors (Lipinski definition) is 7. The summed E-state index contributed by atoms with van der Waals surface area (Å²) in [5, 5.41) is 13.1. The fourth-order valence-electron chi connectivity index (χ4n) is 3.94. The molecular weight excluding hydrogens is 462 g/mol. The molecule has 8 nitrogen and oxygen atoms in total. The Morgan fingerprint density at radius 1 is 1.39 bits per heavy atom. The minimum absolute atomic E-state index is 0.166. The average Bonchev–Trinajstić information content (AvgIpc) is 3.45. The Kier molecular flexibility index (Phi) is 7.49. The van der Waals surface area contributed by atoms with Crippen LogP contribution in [0.5, 0.6) is 5.75 Å². The van der Waals surface area contributed by atoms with Gasteiger partial charge >= 0.3 is 0 Å². The fourth-order valence-corrected chi connectivity index (χ4v) is 4.82. The number of thioether (sulfide) groups is 1. The van der Waals surface area contributed by atoms with Crippen LogP contribution in [0.3, 0.4) is 0 Å². The molecule has 10 heteroatoms. The van der Waals surface area contributed by atoms with E-state index in [4.69, 9.17) is 20.8 Å². The lowest BCUT2D eigenvalue weighted by molar-refractivity contribution is -0.113. The first-order valence-electron chi connectivity index (χ1n) is 10.9. The van der Waals surface area contributed by atoms with Crippen molar-refractivity contribution >= 4 is 40.9 Å². The largest absolute Gasteiger partial charge is 0.495 e. The molecule has 1 aliphatic rings. The molecule has 0 aliphatic carbocycles. The van der Waals surface area contributed by atoms with Crippen molar-refractivity contribution in [1.82, 2.24) is 14.8 Å². The second kappa shape index (κ2) is 10.5. The summed E-state index contributed by atoms with van der Waals surface area (Å²) < 4.78 is 13.0. The van der Waals surface area contributed by atoms with E-state index in [9.17, 15) is 4.79 Å². The lowest BCUT2D eigenvalue weighted by atomic mass is 10.0. The van der Waals surface area contributed by atoms with Crippen LogP contribution >= 0.6 is 23.4 Å². The van der Waals surface area contributed by atoms with Gasteiger partial charge in [0.25, 0.3) is 0 Å². The number of benzene rings is 1. The van der Waals surface area contributed by atoms with E-state index in [2.05, 4.69) is 27.3 Å². The van der Waals surface area contributed by atoms with Crippen molar-refractivity contribution in [2.75, 3.05) is 36.2 Å². The summed E-state index contributed by atoms with van der Waals surface area (Å²) >= 11 is 7.51. The predicted molar refractivity (Wildman–Crippen MR) is 131 cm³/mol. The van der Waals surface area contributed by atoms with Crippen LogP contribution in [0.1, 0.15) is 31.1 Å². The highest BCUT2D eigenvalue weighted by atomic mass is 35.5. The number of nitrogens with one attached hydrogen (secondary N) is 1. The maximum atomic E-state index is 12.7. The van der Waals surface area contributed by atoms with Gasteiger partial charge in [0.2, 0.25) is 11.9 Å². The van der Waals surface area contributed by atoms with E-state index in [1.54, 1.807) is 25.5 Å². The quantitative estimate of drug-likeness (QED) is 0.452. The normalized spacial score (nSPS) is 16.1. The number of aromatic nitrogens is 3. The zero-order chi connectivity index (χ0) is 23.4. The Morgan fingerprint density at radius 3 is 2.97 bits per heavy atom. The number of ether oxygens (including phenoxy) is 1. The summed E-state index contributed by atoms with van der Waals surface area (Å²) in [5.74, 6) is 2.77. The molecule has 1 aliphatic heterocycles. The van der Waals surface area contributed by atoms with E-state index in [0.29, 0.717) is 34.1 Å². The topological polar surface area (TPSA) is 85.4 Å². The molecule has 1 N–H and O–H groups in total. The third-order valence-corrected chi connectivity index (χ3v) is 6.99. The van der Waals surface area contributed by atoms with Gasteiger partial charge in [0.1, 0.15) is 11.5 Å². The molecule has 0 unspecified atom stereocenters. The molecule has 176 valence electrons. The molecule has 0 bridgehead atoms. The second-order valence-electron chi connectivity index (χ2n) is 8.28. The van der Waals surface area contributed by atoms with Crippen molar-refractivity contribution in [3.05, 3.63) is 46.9 Å². The van der Waals surface area contributed by atoms with E-state index >= 15 is 0 Å². The number of halogens is 1. The molecule has 33 heavy (non-hydrogen) atoms. The number of anilines is 2. The van der Waals surface area contributed by atoms with Crippen molar-refractivity contribution in [2.45, 2.75) is 38.4 Å². The minimum atomic E-state index is -0.166. The third-order valence-electron chi connectivity index (χ3n) is 5.62. The number of amides is 1. The molecular formula is C23H28ClN5O3S. The Bertz CT molecular complexity index is 1100. The molecule has 4 rings (SSSR count). The van der Waals surface area contributed by atoms with Crippen molar-refractivity contribution in [3.8, 4) is 5.75 Å². The van der Waals surface area contributed by atoms with Gasteiger partial charge in [0, 0.05) is 24.2 Å². The zero-order valence-electron chi connectivity index (χ0n) is 19.0. The first kappa shape index (κ1) is 23.5. The third kappa shape index (κ3) is 5.65. The van der Waals surface area contributed by atoms with Crippen LogP contribution < -0.4 is 15.0 Å². The number of hydrogen-bond donors (Lipinski definition) is 1. The summed E-state index contributed by atoms with van der Waals surface area (Å²) in [6.45, 7) is 6.53. The zero-order valence-corrected chi connectivity index (χ0v) is 20.6. The lowest BCUT2D eigenvalue weighted by Gasteiger charge is -2.31. The summed E-state index contributed by atoms with van der Waals surface area (Å²) in [5.41, 5.74) is 1.45.